The molecule has 0 aliphatic rings. The molecule has 0 aromatic heterocycles. The Labute approximate surface area is 515 Å². The van der Waals surface area contributed by atoms with E-state index in [1.165, 1.54) is 205 Å². The summed E-state index contributed by atoms with van der Waals surface area (Å²) in [6.07, 6.45) is 95.6. The zero-order valence-corrected chi connectivity index (χ0v) is 54.9. The Morgan fingerprint density at radius 2 is 0.470 bits per heavy atom. The molecule has 1 atom stereocenters. The largest absolute Gasteiger partial charge is 0.462 e. The van der Waals surface area contributed by atoms with E-state index in [4.69, 9.17) is 14.2 Å². The van der Waals surface area contributed by atoms with Crippen molar-refractivity contribution >= 4 is 17.9 Å². The third-order valence-electron chi connectivity index (χ3n) is 15.5. The second-order valence-electron chi connectivity index (χ2n) is 23.8. The lowest BCUT2D eigenvalue weighted by Crippen LogP contribution is -2.30. The van der Waals surface area contributed by atoms with Gasteiger partial charge in [0.15, 0.2) is 6.10 Å². The molecule has 0 heterocycles. The van der Waals surface area contributed by atoms with E-state index in [0.717, 1.165) is 109 Å². The summed E-state index contributed by atoms with van der Waals surface area (Å²) in [6.45, 7) is 6.55. The molecule has 0 radical (unpaired) electrons. The molecule has 0 aromatic carbocycles. The third-order valence-corrected chi connectivity index (χ3v) is 15.5. The van der Waals surface area contributed by atoms with Gasteiger partial charge in [0.1, 0.15) is 13.2 Å². The average Bonchev–Trinajstić information content (AvgIpc) is 3.49. The Morgan fingerprint density at radius 3 is 0.747 bits per heavy atom. The molecule has 478 valence electrons. The fraction of sp³-hybridized carbons (Fsp3) is 0.753. The first kappa shape index (κ1) is 79.3. The van der Waals surface area contributed by atoms with Crippen LogP contribution in [-0.4, -0.2) is 37.2 Å². The highest BCUT2D eigenvalue weighted by atomic mass is 16.6. The van der Waals surface area contributed by atoms with Crippen molar-refractivity contribution in [2.45, 2.75) is 361 Å². The highest BCUT2D eigenvalue weighted by Gasteiger charge is 2.19. The number of carbonyl (C=O) groups is 3. The topological polar surface area (TPSA) is 78.9 Å². The summed E-state index contributed by atoms with van der Waals surface area (Å²) in [5, 5.41) is 0. The van der Waals surface area contributed by atoms with Gasteiger partial charge < -0.3 is 14.2 Å². The van der Waals surface area contributed by atoms with Gasteiger partial charge in [-0.2, -0.15) is 0 Å². The van der Waals surface area contributed by atoms with E-state index in [9.17, 15) is 14.4 Å². The Bertz CT molecular complexity index is 1610. The lowest BCUT2D eigenvalue weighted by Gasteiger charge is -2.18. The molecule has 0 bridgehead atoms. The van der Waals surface area contributed by atoms with Gasteiger partial charge >= 0.3 is 17.9 Å². The normalized spacial score (nSPS) is 12.7. The lowest BCUT2D eigenvalue weighted by atomic mass is 10.1. The maximum atomic E-state index is 13.0. The van der Waals surface area contributed by atoms with Gasteiger partial charge in [0.25, 0.3) is 0 Å². The maximum Gasteiger partial charge on any atom is 0.306 e. The van der Waals surface area contributed by atoms with Crippen LogP contribution in [0.3, 0.4) is 0 Å². The number of esters is 3. The average molecular weight is 1160 g/mol. The summed E-state index contributed by atoms with van der Waals surface area (Å²) in [4.78, 5) is 38.5. The molecule has 0 rings (SSSR count). The lowest BCUT2D eigenvalue weighted by molar-refractivity contribution is -0.167. The molecule has 0 saturated heterocycles. The fourth-order valence-corrected chi connectivity index (χ4v) is 10.2. The molecule has 0 spiro atoms. The number of allylic oxidation sites excluding steroid dienone is 16. The van der Waals surface area contributed by atoms with Gasteiger partial charge in [-0.05, 0) is 122 Å². The minimum atomic E-state index is -0.791. The third kappa shape index (κ3) is 69.0. The van der Waals surface area contributed by atoms with E-state index in [0.29, 0.717) is 19.3 Å². The number of ether oxygens (including phenoxy) is 3. The molecule has 0 saturated carbocycles. The fourth-order valence-electron chi connectivity index (χ4n) is 10.2. The summed E-state index contributed by atoms with van der Waals surface area (Å²) >= 11 is 0. The van der Waals surface area contributed by atoms with E-state index in [1.54, 1.807) is 0 Å². The van der Waals surface area contributed by atoms with Gasteiger partial charge in [0.2, 0.25) is 0 Å². The van der Waals surface area contributed by atoms with Crippen LogP contribution < -0.4 is 0 Å². The molecule has 0 amide bonds. The minimum absolute atomic E-state index is 0.0838. The first-order chi connectivity index (χ1) is 41.0. The molecule has 0 fully saturated rings. The molecule has 0 aliphatic heterocycles. The maximum absolute atomic E-state index is 13.0. The zero-order chi connectivity index (χ0) is 59.9. The number of rotatable bonds is 65. The van der Waals surface area contributed by atoms with E-state index in [-0.39, 0.29) is 31.1 Å². The smallest absolute Gasteiger partial charge is 0.306 e. The van der Waals surface area contributed by atoms with Crippen molar-refractivity contribution in [3.05, 3.63) is 97.2 Å². The van der Waals surface area contributed by atoms with Crippen LogP contribution in [0.15, 0.2) is 97.2 Å². The molecule has 83 heavy (non-hydrogen) atoms. The van der Waals surface area contributed by atoms with Gasteiger partial charge in [-0.25, -0.2) is 0 Å². The predicted molar refractivity (Wildman–Crippen MR) is 362 cm³/mol. The second-order valence-corrected chi connectivity index (χ2v) is 23.8. The minimum Gasteiger partial charge on any atom is -0.462 e. The van der Waals surface area contributed by atoms with Crippen LogP contribution in [0.2, 0.25) is 0 Å². The van der Waals surface area contributed by atoms with Gasteiger partial charge in [0, 0.05) is 19.3 Å². The first-order valence-corrected chi connectivity index (χ1v) is 35.7. The summed E-state index contributed by atoms with van der Waals surface area (Å²) in [5.74, 6) is -0.886. The molecule has 0 aromatic rings. The second kappa shape index (κ2) is 70.8. The summed E-state index contributed by atoms with van der Waals surface area (Å²) < 4.78 is 17.0. The van der Waals surface area contributed by atoms with Crippen LogP contribution in [0, 0.1) is 0 Å². The van der Waals surface area contributed by atoms with E-state index >= 15 is 0 Å². The molecule has 0 aliphatic carbocycles. The van der Waals surface area contributed by atoms with Crippen LogP contribution in [0.1, 0.15) is 355 Å². The molecular formula is C77H134O6. The van der Waals surface area contributed by atoms with Crippen LogP contribution >= 0.6 is 0 Å². The summed E-state index contributed by atoms with van der Waals surface area (Å²) in [7, 11) is 0. The highest BCUT2D eigenvalue weighted by molar-refractivity contribution is 5.71. The van der Waals surface area contributed by atoms with Crippen molar-refractivity contribution in [1.82, 2.24) is 0 Å². The number of hydrogen-bond acceptors (Lipinski definition) is 6. The number of hydrogen-bond donors (Lipinski definition) is 0. The number of unbranched alkanes of at least 4 members (excludes halogenated alkanes) is 38. The predicted octanol–water partition coefficient (Wildman–Crippen LogP) is 24.8. The Balaban J connectivity index is 4.41. The monoisotopic (exact) mass is 1160 g/mol. The quantitative estimate of drug-likeness (QED) is 0.0261. The van der Waals surface area contributed by atoms with Crippen LogP contribution in [-0.2, 0) is 28.6 Å². The Hall–Kier alpha value is -3.67. The SMILES string of the molecule is CC/C=C\C/C=C\C/C=C\C/C=C\CCCCCCCCCCCCC(=O)OCC(COC(=O)CCCCCCCCCCC/C=C\CCCCCCCCCC)OC(=O)CCCCCCCC/C=C\C/C=C\C/C=C\CCCCCCC. The molecule has 6 nitrogen and oxygen atoms in total. The van der Waals surface area contributed by atoms with Gasteiger partial charge in [-0.15, -0.1) is 0 Å². The Kier molecular flexibility index (Phi) is 67.7. The number of carbonyl (C=O) groups excluding carboxylic acids is 3. The molecule has 1 unspecified atom stereocenters. The van der Waals surface area contributed by atoms with Crippen molar-refractivity contribution in [3.8, 4) is 0 Å². The summed E-state index contributed by atoms with van der Waals surface area (Å²) in [5.41, 5.74) is 0. The standard InChI is InChI=1S/C77H134O6/c1-4-7-10-13-16-19-22-25-28-31-34-37-38-41-43-46-49-52-55-58-61-64-67-70-76(79)82-73-74(83-77(80)71-68-65-62-59-56-53-50-47-44-40-36-33-30-27-24-21-18-15-12-9-6-3)72-81-75(78)69-66-63-60-57-54-51-48-45-42-39-35-32-29-26-23-20-17-14-11-8-5-2/h7,10,16,19,24-25,27-28,32-37,44,47,74H,4-6,8-9,11-15,17-18,20-23,26,29-31,38-43,45-46,48-73H2,1-3H3/b10-7-,19-16-,27-24-,28-25-,35-32-,36-33-,37-34-,47-44-. The van der Waals surface area contributed by atoms with Gasteiger partial charge in [0.05, 0.1) is 0 Å². The van der Waals surface area contributed by atoms with Gasteiger partial charge in [-0.3, -0.25) is 14.4 Å². The first-order valence-electron chi connectivity index (χ1n) is 35.7. The van der Waals surface area contributed by atoms with Crippen molar-refractivity contribution in [1.29, 1.82) is 0 Å². The zero-order valence-electron chi connectivity index (χ0n) is 54.9. The van der Waals surface area contributed by atoms with Crippen molar-refractivity contribution in [2.24, 2.45) is 0 Å². The van der Waals surface area contributed by atoms with Gasteiger partial charge in [-0.1, -0.05) is 311 Å². The van der Waals surface area contributed by atoms with Crippen molar-refractivity contribution < 1.29 is 28.6 Å². The summed E-state index contributed by atoms with van der Waals surface area (Å²) in [6, 6.07) is 0. The Morgan fingerprint density at radius 1 is 0.253 bits per heavy atom. The molecule has 0 N–H and O–H groups in total. The van der Waals surface area contributed by atoms with E-state index < -0.39 is 6.10 Å². The van der Waals surface area contributed by atoms with E-state index in [2.05, 4.69) is 118 Å². The molecular weight excluding hydrogens is 1020 g/mol. The molecule has 6 heteroatoms. The van der Waals surface area contributed by atoms with E-state index in [1.807, 2.05) is 0 Å². The van der Waals surface area contributed by atoms with Crippen LogP contribution in [0.5, 0.6) is 0 Å². The van der Waals surface area contributed by atoms with Crippen LogP contribution in [0.4, 0.5) is 0 Å². The van der Waals surface area contributed by atoms with Crippen molar-refractivity contribution in [2.75, 3.05) is 13.2 Å². The van der Waals surface area contributed by atoms with Crippen LogP contribution in [0.25, 0.3) is 0 Å². The highest BCUT2D eigenvalue weighted by Crippen LogP contribution is 2.17. The van der Waals surface area contributed by atoms with Crippen molar-refractivity contribution in [3.63, 3.8) is 0 Å².